The van der Waals surface area contributed by atoms with Crippen LogP contribution in [0.15, 0.2) is 23.1 Å². The summed E-state index contributed by atoms with van der Waals surface area (Å²) in [5, 5.41) is 3.60. The minimum atomic E-state index is -0.211. The predicted molar refractivity (Wildman–Crippen MR) is 66.9 cm³/mol. The first-order valence-electron chi connectivity index (χ1n) is 5.10. The molecule has 1 rings (SSSR count). The molecule has 4 nitrogen and oxygen atoms in total. The van der Waals surface area contributed by atoms with Gasteiger partial charge in [0.2, 0.25) is 5.56 Å². The van der Waals surface area contributed by atoms with Gasteiger partial charge in [0, 0.05) is 23.6 Å². The van der Waals surface area contributed by atoms with Gasteiger partial charge in [0.25, 0.3) is 5.91 Å². The molecule has 16 heavy (non-hydrogen) atoms. The summed E-state index contributed by atoms with van der Waals surface area (Å²) in [5.41, 5.74) is 0.253. The van der Waals surface area contributed by atoms with E-state index in [9.17, 15) is 9.59 Å². The van der Waals surface area contributed by atoms with Crippen LogP contribution < -0.4 is 10.9 Å². The molecule has 1 aromatic heterocycles. The van der Waals surface area contributed by atoms with Crippen LogP contribution in [0.5, 0.6) is 0 Å². The molecule has 1 atom stereocenters. The number of alkyl halides is 1. The molecule has 0 spiro atoms. The van der Waals surface area contributed by atoms with Crippen molar-refractivity contribution in [2.75, 3.05) is 5.33 Å². The maximum atomic E-state index is 11.8. The van der Waals surface area contributed by atoms with E-state index in [0.717, 1.165) is 0 Å². The Bertz CT molecular complexity index is 394. The fourth-order valence-corrected chi connectivity index (χ4v) is 2.10. The first-order valence-corrected chi connectivity index (χ1v) is 6.22. The second-order valence-corrected chi connectivity index (χ2v) is 4.57. The highest BCUT2D eigenvalue weighted by molar-refractivity contribution is 9.09. The molecule has 0 aromatic carbocycles. The third kappa shape index (κ3) is 3.48. The topological polar surface area (TPSA) is 62.0 Å². The number of H-pyrrole nitrogens is 1. The van der Waals surface area contributed by atoms with Crippen molar-refractivity contribution in [2.45, 2.75) is 19.9 Å². The monoisotopic (exact) mass is 286 g/mol. The molecule has 5 heteroatoms. The molecule has 0 saturated carbocycles. The molecule has 2 N–H and O–H groups in total. The second-order valence-electron chi connectivity index (χ2n) is 3.92. The lowest BCUT2D eigenvalue weighted by atomic mass is 10.1. The third-order valence-electron chi connectivity index (χ3n) is 2.33. The fourth-order valence-electron chi connectivity index (χ4n) is 1.19. The Morgan fingerprint density at radius 3 is 2.62 bits per heavy atom. The van der Waals surface area contributed by atoms with Gasteiger partial charge in [0.15, 0.2) is 0 Å². The number of hydrogen-bond donors (Lipinski definition) is 2. The molecule has 0 fully saturated rings. The van der Waals surface area contributed by atoms with Crippen molar-refractivity contribution in [3.05, 3.63) is 34.2 Å². The van der Waals surface area contributed by atoms with E-state index in [-0.39, 0.29) is 17.5 Å². The fraction of sp³-hybridized carbons (Fsp3) is 0.455. The number of carbonyl (C=O) groups is 1. The van der Waals surface area contributed by atoms with Gasteiger partial charge in [-0.15, -0.1) is 0 Å². The van der Waals surface area contributed by atoms with Crippen LogP contribution in [-0.2, 0) is 0 Å². The van der Waals surface area contributed by atoms with Crippen LogP contribution >= 0.6 is 15.9 Å². The van der Waals surface area contributed by atoms with Gasteiger partial charge < -0.3 is 10.3 Å². The Hall–Kier alpha value is -1.10. The molecule has 1 unspecified atom stereocenters. The largest absolute Gasteiger partial charge is 0.348 e. The summed E-state index contributed by atoms with van der Waals surface area (Å²) in [7, 11) is 0. The lowest BCUT2D eigenvalue weighted by molar-refractivity contribution is 0.0931. The number of aromatic amines is 1. The van der Waals surface area contributed by atoms with Crippen LogP contribution in [0.2, 0.25) is 0 Å². The number of carbonyl (C=O) groups excluding carboxylic acids is 1. The van der Waals surface area contributed by atoms with Crippen molar-refractivity contribution in [3.63, 3.8) is 0 Å². The lowest BCUT2D eigenvalue weighted by Crippen LogP contribution is -2.39. The number of amides is 1. The number of rotatable bonds is 4. The van der Waals surface area contributed by atoms with Gasteiger partial charge in [-0.1, -0.05) is 29.8 Å². The van der Waals surface area contributed by atoms with Gasteiger partial charge in [0.1, 0.15) is 0 Å². The average molecular weight is 287 g/mol. The van der Waals surface area contributed by atoms with Crippen LogP contribution in [0.1, 0.15) is 24.2 Å². The smallest absolute Gasteiger partial charge is 0.253 e. The molecule has 1 amide bonds. The summed E-state index contributed by atoms with van der Waals surface area (Å²) in [6, 6.07) is 2.94. The van der Waals surface area contributed by atoms with Crippen LogP contribution in [0.3, 0.4) is 0 Å². The van der Waals surface area contributed by atoms with Gasteiger partial charge in [0.05, 0.1) is 5.56 Å². The number of hydrogen-bond acceptors (Lipinski definition) is 2. The Balaban J connectivity index is 2.71. The zero-order valence-electron chi connectivity index (χ0n) is 9.29. The van der Waals surface area contributed by atoms with Crippen molar-refractivity contribution >= 4 is 21.8 Å². The summed E-state index contributed by atoms with van der Waals surface area (Å²) in [6.45, 7) is 4.08. The van der Waals surface area contributed by atoms with Crippen molar-refractivity contribution in [3.8, 4) is 0 Å². The lowest BCUT2D eigenvalue weighted by Gasteiger charge is -2.19. The minimum absolute atomic E-state index is 0.0828. The van der Waals surface area contributed by atoms with Crippen molar-refractivity contribution in [1.82, 2.24) is 10.3 Å². The Morgan fingerprint density at radius 2 is 2.19 bits per heavy atom. The first-order chi connectivity index (χ1) is 7.54. The van der Waals surface area contributed by atoms with Gasteiger partial charge in [-0.2, -0.15) is 0 Å². The normalized spacial score (nSPS) is 12.5. The SMILES string of the molecule is CC(C)C(CBr)NC(=O)c1ccc(=O)[nH]c1. The van der Waals surface area contributed by atoms with Gasteiger partial charge in [-0.3, -0.25) is 9.59 Å². The zero-order valence-corrected chi connectivity index (χ0v) is 10.9. The number of nitrogens with one attached hydrogen (secondary N) is 2. The molecule has 0 aliphatic rings. The Kier molecular flexibility index (Phi) is 4.73. The summed E-state index contributed by atoms with van der Waals surface area (Å²) in [4.78, 5) is 25.1. The molecule has 0 radical (unpaired) electrons. The predicted octanol–water partition coefficient (Wildman–Crippen LogP) is 1.52. The molecular weight excluding hydrogens is 272 g/mol. The van der Waals surface area contributed by atoms with E-state index in [1.54, 1.807) is 0 Å². The summed E-state index contributed by atoms with van der Waals surface area (Å²) in [6.07, 6.45) is 1.42. The second kappa shape index (κ2) is 5.84. The summed E-state index contributed by atoms with van der Waals surface area (Å²) in [5.74, 6) is 0.181. The van der Waals surface area contributed by atoms with Gasteiger partial charge >= 0.3 is 0 Å². The molecule has 0 aliphatic carbocycles. The molecule has 1 heterocycles. The first kappa shape index (κ1) is 13.0. The number of halogens is 1. The summed E-state index contributed by atoms with van der Waals surface area (Å²) >= 11 is 3.36. The quantitative estimate of drug-likeness (QED) is 0.825. The molecule has 0 aliphatic heterocycles. The number of aromatic nitrogens is 1. The van der Waals surface area contributed by atoms with Crippen LogP contribution in [0, 0.1) is 5.92 Å². The highest BCUT2D eigenvalue weighted by atomic mass is 79.9. The Morgan fingerprint density at radius 1 is 1.50 bits per heavy atom. The van der Waals surface area contributed by atoms with E-state index in [0.29, 0.717) is 16.8 Å². The van der Waals surface area contributed by atoms with Crippen LogP contribution in [0.25, 0.3) is 0 Å². The van der Waals surface area contributed by atoms with E-state index in [2.05, 4.69) is 26.2 Å². The zero-order chi connectivity index (χ0) is 12.1. The van der Waals surface area contributed by atoms with Crippen LogP contribution in [0.4, 0.5) is 0 Å². The van der Waals surface area contributed by atoms with E-state index in [1.807, 2.05) is 13.8 Å². The Labute approximate surface area is 103 Å². The van der Waals surface area contributed by atoms with Crippen molar-refractivity contribution in [2.24, 2.45) is 5.92 Å². The third-order valence-corrected chi connectivity index (χ3v) is 3.03. The highest BCUT2D eigenvalue weighted by Crippen LogP contribution is 2.06. The van der Waals surface area contributed by atoms with Gasteiger partial charge in [-0.05, 0) is 12.0 Å². The maximum Gasteiger partial charge on any atom is 0.253 e. The van der Waals surface area contributed by atoms with E-state index >= 15 is 0 Å². The molecule has 0 saturated heterocycles. The minimum Gasteiger partial charge on any atom is -0.348 e. The van der Waals surface area contributed by atoms with Gasteiger partial charge in [-0.25, -0.2) is 0 Å². The molecule has 88 valence electrons. The van der Waals surface area contributed by atoms with E-state index < -0.39 is 0 Å². The summed E-state index contributed by atoms with van der Waals surface area (Å²) < 4.78 is 0. The molecular formula is C11H15BrN2O2. The average Bonchev–Trinajstić information content (AvgIpc) is 2.26. The van der Waals surface area contributed by atoms with Crippen molar-refractivity contribution < 1.29 is 4.79 Å². The highest BCUT2D eigenvalue weighted by Gasteiger charge is 2.15. The standard InChI is InChI=1S/C11H15BrN2O2/c1-7(2)9(5-12)14-11(16)8-3-4-10(15)13-6-8/h3-4,6-7,9H,5H2,1-2H3,(H,13,15)(H,14,16). The van der Waals surface area contributed by atoms with Crippen molar-refractivity contribution in [1.29, 1.82) is 0 Å². The molecule has 1 aromatic rings. The maximum absolute atomic E-state index is 11.8. The van der Waals surface area contributed by atoms with Crippen LogP contribution in [-0.4, -0.2) is 22.3 Å². The number of pyridine rings is 1. The van der Waals surface area contributed by atoms with E-state index in [1.165, 1.54) is 18.3 Å². The van der Waals surface area contributed by atoms with E-state index in [4.69, 9.17) is 0 Å². The molecule has 0 bridgehead atoms.